The van der Waals surface area contributed by atoms with Gasteiger partial charge in [-0.25, -0.2) is 0 Å². The van der Waals surface area contributed by atoms with E-state index in [0.29, 0.717) is 13.1 Å². The van der Waals surface area contributed by atoms with E-state index in [1.165, 1.54) is 0 Å². The number of rotatable bonds is 6. The molecule has 0 unspecified atom stereocenters. The lowest BCUT2D eigenvalue weighted by molar-refractivity contribution is 0.317. The fraction of sp³-hybridized carbons (Fsp3) is 0.364. The van der Waals surface area contributed by atoms with E-state index in [4.69, 9.17) is 20.4 Å². The van der Waals surface area contributed by atoms with Crippen LogP contribution in [0.25, 0.3) is 0 Å². The van der Waals surface area contributed by atoms with Crippen LogP contribution in [0.15, 0.2) is 23.4 Å². The Morgan fingerprint density at radius 2 is 2.18 bits per heavy atom. The number of hydrogen-bond acceptors (Lipinski definition) is 5. The van der Waals surface area contributed by atoms with Gasteiger partial charge in [-0.3, -0.25) is 0 Å². The molecule has 0 aliphatic rings. The van der Waals surface area contributed by atoms with Crippen LogP contribution in [0.1, 0.15) is 5.56 Å². The minimum atomic E-state index is 0.137. The summed E-state index contributed by atoms with van der Waals surface area (Å²) in [6.07, 6.45) is 0. The summed E-state index contributed by atoms with van der Waals surface area (Å²) in [4.78, 5) is 0. The zero-order chi connectivity index (χ0) is 12.7. The second-order valence-corrected chi connectivity index (χ2v) is 3.37. The van der Waals surface area contributed by atoms with Crippen molar-refractivity contribution in [3.05, 3.63) is 23.8 Å². The molecule has 0 aromatic heterocycles. The molecule has 0 saturated carbocycles. The molecule has 94 valence electrons. The Morgan fingerprint density at radius 3 is 2.76 bits per heavy atom. The lowest BCUT2D eigenvalue weighted by Gasteiger charge is -2.10. The highest BCUT2D eigenvalue weighted by atomic mass is 16.5. The Bertz CT molecular complexity index is 394. The molecule has 0 amide bonds. The highest BCUT2D eigenvalue weighted by molar-refractivity contribution is 5.81. The van der Waals surface area contributed by atoms with Gasteiger partial charge >= 0.3 is 0 Å². The van der Waals surface area contributed by atoms with E-state index >= 15 is 0 Å². The third kappa shape index (κ3) is 3.84. The summed E-state index contributed by atoms with van der Waals surface area (Å²) < 4.78 is 10.3. The van der Waals surface area contributed by atoms with Gasteiger partial charge in [0.25, 0.3) is 0 Å². The number of nitrogens with two attached hydrogens (primary N) is 1. The van der Waals surface area contributed by atoms with Gasteiger partial charge in [0, 0.05) is 18.2 Å². The van der Waals surface area contributed by atoms with Crippen molar-refractivity contribution < 1.29 is 14.7 Å². The Hall–Kier alpha value is -1.95. The molecule has 0 atom stereocenters. The molecule has 1 rings (SSSR count). The van der Waals surface area contributed by atoms with E-state index < -0.39 is 0 Å². The molecule has 0 spiro atoms. The number of nitrogens with one attached hydrogen (secondary N) is 1. The SMILES string of the molecule is COc1ccc(CNC/C(N)=N/O)c(OC)c1. The van der Waals surface area contributed by atoms with Gasteiger partial charge in [0.05, 0.1) is 20.8 Å². The van der Waals surface area contributed by atoms with E-state index in [-0.39, 0.29) is 5.84 Å². The molecule has 17 heavy (non-hydrogen) atoms. The zero-order valence-electron chi connectivity index (χ0n) is 9.93. The summed E-state index contributed by atoms with van der Waals surface area (Å²) in [6, 6.07) is 5.56. The first-order valence-corrected chi connectivity index (χ1v) is 5.09. The molecular weight excluding hydrogens is 222 g/mol. The first kappa shape index (κ1) is 13.1. The number of methoxy groups -OCH3 is 2. The molecule has 0 aliphatic heterocycles. The monoisotopic (exact) mass is 239 g/mol. The maximum atomic E-state index is 8.38. The molecule has 6 nitrogen and oxygen atoms in total. The van der Waals surface area contributed by atoms with Crippen molar-refractivity contribution in [1.29, 1.82) is 0 Å². The van der Waals surface area contributed by atoms with Crippen LogP contribution in [-0.4, -0.2) is 31.8 Å². The van der Waals surface area contributed by atoms with Gasteiger partial charge in [-0.05, 0) is 6.07 Å². The maximum absolute atomic E-state index is 8.38. The number of benzene rings is 1. The molecule has 0 saturated heterocycles. The van der Waals surface area contributed by atoms with Crippen molar-refractivity contribution in [3.63, 3.8) is 0 Å². The fourth-order valence-corrected chi connectivity index (χ4v) is 1.36. The molecule has 0 bridgehead atoms. The van der Waals surface area contributed by atoms with Crippen LogP contribution >= 0.6 is 0 Å². The number of hydrogen-bond donors (Lipinski definition) is 3. The number of amidine groups is 1. The predicted octanol–water partition coefficient (Wildman–Crippen LogP) is 0.540. The smallest absolute Gasteiger partial charge is 0.153 e. The van der Waals surface area contributed by atoms with Crippen LogP contribution in [0, 0.1) is 0 Å². The van der Waals surface area contributed by atoms with E-state index in [1.54, 1.807) is 20.3 Å². The second-order valence-electron chi connectivity index (χ2n) is 3.37. The summed E-state index contributed by atoms with van der Waals surface area (Å²) in [6.45, 7) is 0.870. The Labute approximate surface area is 100 Å². The maximum Gasteiger partial charge on any atom is 0.153 e. The standard InChI is InChI=1S/C11H17N3O3/c1-16-9-4-3-8(10(5-9)17-2)6-13-7-11(12)14-15/h3-5,13,15H,6-7H2,1-2H3,(H2,12,14). The van der Waals surface area contributed by atoms with Crippen LogP contribution < -0.4 is 20.5 Å². The molecule has 4 N–H and O–H groups in total. The highest BCUT2D eigenvalue weighted by Crippen LogP contribution is 2.24. The lowest BCUT2D eigenvalue weighted by atomic mass is 10.2. The van der Waals surface area contributed by atoms with Crippen LogP contribution in [-0.2, 0) is 6.54 Å². The van der Waals surface area contributed by atoms with Gasteiger partial charge in [-0.1, -0.05) is 11.2 Å². The topological polar surface area (TPSA) is 89.1 Å². The Morgan fingerprint density at radius 1 is 1.41 bits per heavy atom. The summed E-state index contributed by atoms with van der Waals surface area (Å²) in [5, 5.41) is 14.3. The Balaban J connectivity index is 2.64. The van der Waals surface area contributed by atoms with Crippen molar-refractivity contribution in [2.45, 2.75) is 6.54 Å². The first-order valence-electron chi connectivity index (χ1n) is 5.09. The number of ether oxygens (including phenoxy) is 2. The lowest BCUT2D eigenvalue weighted by Crippen LogP contribution is -2.28. The Kier molecular flexibility index (Phi) is 5.09. The summed E-state index contributed by atoms with van der Waals surface area (Å²) in [5.41, 5.74) is 6.31. The molecule has 0 aliphatic carbocycles. The largest absolute Gasteiger partial charge is 0.497 e. The minimum Gasteiger partial charge on any atom is -0.497 e. The molecule has 0 radical (unpaired) electrons. The molecule has 6 heteroatoms. The van der Waals surface area contributed by atoms with Crippen LogP contribution in [0.4, 0.5) is 0 Å². The van der Waals surface area contributed by atoms with Gasteiger partial charge in [-0.15, -0.1) is 0 Å². The molecule has 1 aromatic carbocycles. The van der Waals surface area contributed by atoms with Crippen molar-refractivity contribution in [3.8, 4) is 11.5 Å². The normalized spacial score (nSPS) is 11.3. The van der Waals surface area contributed by atoms with E-state index in [1.807, 2.05) is 12.1 Å². The summed E-state index contributed by atoms with van der Waals surface area (Å²) in [7, 11) is 3.20. The van der Waals surface area contributed by atoms with Gasteiger partial charge in [0.1, 0.15) is 11.5 Å². The van der Waals surface area contributed by atoms with Crippen molar-refractivity contribution in [1.82, 2.24) is 5.32 Å². The zero-order valence-corrected chi connectivity index (χ0v) is 9.93. The van der Waals surface area contributed by atoms with Gasteiger partial charge in [0.2, 0.25) is 0 Å². The van der Waals surface area contributed by atoms with Crippen molar-refractivity contribution >= 4 is 5.84 Å². The average Bonchev–Trinajstić information content (AvgIpc) is 2.38. The highest BCUT2D eigenvalue weighted by Gasteiger charge is 2.04. The molecule has 0 heterocycles. The number of nitrogens with zero attached hydrogens (tertiary/aromatic N) is 1. The molecular formula is C11H17N3O3. The second kappa shape index (κ2) is 6.59. The van der Waals surface area contributed by atoms with Gasteiger partial charge < -0.3 is 25.7 Å². The van der Waals surface area contributed by atoms with Crippen LogP contribution in [0.5, 0.6) is 11.5 Å². The van der Waals surface area contributed by atoms with Crippen LogP contribution in [0.2, 0.25) is 0 Å². The summed E-state index contributed by atoms with van der Waals surface area (Å²) >= 11 is 0. The van der Waals surface area contributed by atoms with E-state index in [0.717, 1.165) is 17.1 Å². The van der Waals surface area contributed by atoms with Crippen molar-refractivity contribution in [2.75, 3.05) is 20.8 Å². The average molecular weight is 239 g/mol. The number of oxime groups is 1. The van der Waals surface area contributed by atoms with Crippen LogP contribution in [0.3, 0.4) is 0 Å². The quantitative estimate of drug-likeness (QED) is 0.292. The predicted molar refractivity (Wildman–Crippen MR) is 64.7 cm³/mol. The third-order valence-electron chi connectivity index (χ3n) is 2.24. The third-order valence-corrected chi connectivity index (χ3v) is 2.24. The van der Waals surface area contributed by atoms with E-state index in [9.17, 15) is 0 Å². The van der Waals surface area contributed by atoms with Crippen molar-refractivity contribution in [2.24, 2.45) is 10.9 Å². The minimum absolute atomic E-state index is 0.137. The molecule has 0 fully saturated rings. The first-order chi connectivity index (χ1) is 8.21. The fourth-order valence-electron chi connectivity index (χ4n) is 1.36. The van der Waals surface area contributed by atoms with E-state index in [2.05, 4.69) is 10.5 Å². The van der Waals surface area contributed by atoms with Gasteiger partial charge in [0.15, 0.2) is 5.84 Å². The van der Waals surface area contributed by atoms with Gasteiger partial charge in [-0.2, -0.15) is 0 Å². The summed E-state index contributed by atoms with van der Waals surface area (Å²) in [5.74, 6) is 1.61. The molecule has 1 aromatic rings.